The van der Waals surface area contributed by atoms with Crippen LogP contribution < -0.4 is 0 Å². The Hall–Kier alpha value is -0.0400. The van der Waals surface area contributed by atoms with Crippen LogP contribution in [-0.4, -0.2) is 6.29 Å². The molecule has 0 heterocycles. The number of halogens is 1. The number of aldehydes is 1. The second kappa shape index (κ2) is 2.49. The molecular weight excluding hydrogens is 124 g/mol. The van der Waals surface area contributed by atoms with Gasteiger partial charge in [0.1, 0.15) is 11.7 Å². The van der Waals surface area contributed by atoms with Crippen LogP contribution in [0.5, 0.6) is 0 Å². The quantitative estimate of drug-likeness (QED) is 0.500. The molecular formula is C6H10ClO. The predicted molar refractivity (Wildman–Crippen MR) is 34.6 cm³/mol. The van der Waals surface area contributed by atoms with Gasteiger partial charge in [0, 0.05) is 0 Å². The number of carbonyl (C=O) groups excluding carboxylic acids is 1. The Labute approximate surface area is 55.0 Å². The Balaban J connectivity index is 3.80. The second-order valence-electron chi connectivity index (χ2n) is 2.72. The minimum atomic E-state index is -0.177. The van der Waals surface area contributed by atoms with Crippen LogP contribution in [0.3, 0.4) is 0 Å². The first-order valence-electron chi connectivity index (χ1n) is 2.46. The molecule has 0 aliphatic rings. The fraction of sp³-hybridized carbons (Fsp3) is 0.667. The van der Waals surface area contributed by atoms with E-state index in [0.29, 0.717) is 11.7 Å². The van der Waals surface area contributed by atoms with Crippen LogP contribution in [-0.2, 0) is 4.79 Å². The maximum Gasteiger partial charge on any atom is 0.143 e. The number of carbonyl (C=O) groups is 1. The average molecular weight is 134 g/mol. The van der Waals surface area contributed by atoms with Gasteiger partial charge in [-0.05, 0) is 5.41 Å². The van der Waals surface area contributed by atoms with Gasteiger partial charge in [-0.1, -0.05) is 20.8 Å². The molecule has 0 unspecified atom stereocenters. The minimum Gasteiger partial charge on any atom is -0.301 e. The molecule has 8 heavy (non-hydrogen) atoms. The summed E-state index contributed by atoms with van der Waals surface area (Å²) in [7, 11) is 0. The van der Waals surface area contributed by atoms with E-state index in [1.165, 1.54) is 0 Å². The molecule has 0 rings (SSSR count). The Kier molecular flexibility index (Phi) is 2.48. The number of rotatable bonds is 1. The normalized spacial score (nSPS) is 12.1. The Morgan fingerprint density at radius 2 is 1.88 bits per heavy atom. The first-order chi connectivity index (χ1) is 3.48. The molecule has 0 bridgehead atoms. The highest BCUT2D eigenvalue weighted by Crippen LogP contribution is 2.28. The van der Waals surface area contributed by atoms with Crippen LogP contribution in [0.2, 0.25) is 0 Å². The van der Waals surface area contributed by atoms with E-state index in [1.54, 1.807) is 0 Å². The molecule has 47 valence electrons. The summed E-state index contributed by atoms with van der Waals surface area (Å²) in [6.07, 6.45) is 0.682. The molecule has 0 saturated heterocycles. The molecule has 0 aromatic heterocycles. The minimum absolute atomic E-state index is 0.177. The van der Waals surface area contributed by atoms with E-state index < -0.39 is 0 Å². The van der Waals surface area contributed by atoms with Crippen molar-refractivity contribution in [1.29, 1.82) is 0 Å². The Bertz CT molecular complexity index is 83.0. The zero-order valence-corrected chi connectivity index (χ0v) is 6.12. The summed E-state index contributed by atoms with van der Waals surface area (Å²) in [4.78, 5) is 9.98. The lowest BCUT2D eigenvalue weighted by molar-refractivity contribution is -0.106. The van der Waals surface area contributed by atoms with Crippen LogP contribution in [0.15, 0.2) is 0 Å². The average Bonchev–Trinajstić information content (AvgIpc) is 1.62. The zero-order valence-electron chi connectivity index (χ0n) is 5.36. The summed E-state index contributed by atoms with van der Waals surface area (Å²) in [5, 5.41) is 0.373. The number of hydrogen-bond acceptors (Lipinski definition) is 1. The highest BCUT2D eigenvalue weighted by atomic mass is 35.5. The van der Waals surface area contributed by atoms with Crippen LogP contribution >= 0.6 is 11.6 Å². The Morgan fingerprint density at radius 1 is 1.50 bits per heavy atom. The number of hydrogen-bond donors (Lipinski definition) is 0. The predicted octanol–water partition coefficient (Wildman–Crippen LogP) is 2.00. The maximum atomic E-state index is 9.98. The van der Waals surface area contributed by atoms with Crippen molar-refractivity contribution in [3.63, 3.8) is 0 Å². The first kappa shape index (κ1) is 7.96. The zero-order chi connectivity index (χ0) is 6.78. The van der Waals surface area contributed by atoms with Crippen molar-refractivity contribution in [3.05, 3.63) is 5.38 Å². The van der Waals surface area contributed by atoms with Crippen molar-refractivity contribution in [2.45, 2.75) is 20.8 Å². The molecule has 0 amide bonds. The van der Waals surface area contributed by atoms with E-state index in [0.717, 1.165) is 0 Å². The second-order valence-corrected chi connectivity index (χ2v) is 3.12. The summed E-state index contributed by atoms with van der Waals surface area (Å²) in [6, 6.07) is 0. The smallest absolute Gasteiger partial charge is 0.143 e. The third-order valence-electron chi connectivity index (χ3n) is 0.820. The van der Waals surface area contributed by atoms with Crippen molar-refractivity contribution in [2.24, 2.45) is 5.41 Å². The van der Waals surface area contributed by atoms with Gasteiger partial charge in [0.25, 0.3) is 0 Å². The van der Waals surface area contributed by atoms with Gasteiger partial charge in [0.15, 0.2) is 0 Å². The maximum absolute atomic E-state index is 9.98. The molecule has 0 aliphatic heterocycles. The molecule has 0 N–H and O–H groups in total. The van der Waals surface area contributed by atoms with E-state index >= 15 is 0 Å². The molecule has 0 fully saturated rings. The lowest BCUT2D eigenvalue weighted by Gasteiger charge is -2.17. The van der Waals surface area contributed by atoms with Crippen molar-refractivity contribution in [1.82, 2.24) is 0 Å². The third-order valence-corrected chi connectivity index (χ3v) is 1.48. The molecule has 0 aromatic carbocycles. The lowest BCUT2D eigenvalue weighted by atomic mass is 9.93. The van der Waals surface area contributed by atoms with Crippen molar-refractivity contribution in [2.75, 3.05) is 0 Å². The molecule has 1 radical (unpaired) electrons. The molecule has 0 aliphatic carbocycles. The molecule has 0 aromatic rings. The summed E-state index contributed by atoms with van der Waals surface area (Å²) in [5.74, 6) is 0. The fourth-order valence-corrected chi connectivity index (χ4v) is 0.177. The van der Waals surface area contributed by atoms with Crippen LogP contribution in [0.1, 0.15) is 20.8 Å². The van der Waals surface area contributed by atoms with Gasteiger partial charge in [-0.25, -0.2) is 0 Å². The van der Waals surface area contributed by atoms with E-state index in [1.807, 2.05) is 20.8 Å². The molecule has 2 heteroatoms. The van der Waals surface area contributed by atoms with Crippen LogP contribution in [0.4, 0.5) is 0 Å². The standard InChI is InChI=1S/C6H10ClO/c1-6(2,3)5(7)4-8/h4H,1-3H3. The van der Waals surface area contributed by atoms with E-state index in [-0.39, 0.29) is 5.41 Å². The van der Waals surface area contributed by atoms with Crippen LogP contribution in [0.25, 0.3) is 0 Å². The highest BCUT2D eigenvalue weighted by molar-refractivity contribution is 6.35. The van der Waals surface area contributed by atoms with E-state index in [4.69, 9.17) is 11.6 Å². The van der Waals surface area contributed by atoms with Crippen LogP contribution in [0, 0.1) is 10.8 Å². The van der Waals surface area contributed by atoms with Gasteiger partial charge in [-0.2, -0.15) is 0 Å². The van der Waals surface area contributed by atoms with Crippen molar-refractivity contribution < 1.29 is 4.79 Å². The summed E-state index contributed by atoms with van der Waals surface area (Å²) < 4.78 is 0. The first-order valence-corrected chi connectivity index (χ1v) is 2.84. The summed E-state index contributed by atoms with van der Waals surface area (Å²) in [6.45, 7) is 5.68. The van der Waals surface area contributed by atoms with Gasteiger partial charge in [0.2, 0.25) is 0 Å². The third kappa shape index (κ3) is 2.31. The topological polar surface area (TPSA) is 17.1 Å². The van der Waals surface area contributed by atoms with Gasteiger partial charge >= 0.3 is 0 Å². The molecule has 0 atom stereocenters. The SMILES string of the molecule is CC(C)(C)[C](Cl)C=O. The van der Waals surface area contributed by atoms with Crippen molar-refractivity contribution in [3.8, 4) is 0 Å². The van der Waals surface area contributed by atoms with Gasteiger partial charge < -0.3 is 4.79 Å². The lowest BCUT2D eigenvalue weighted by Crippen LogP contribution is -2.13. The van der Waals surface area contributed by atoms with E-state index in [2.05, 4.69) is 0 Å². The molecule has 0 spiro atoms. The Morgan fingerprint density at radius 3 is 1.88 bits per heavy atom. The van der Waals surface area contributed by atoms with E-state index in [9.17, 15) is 4.79 Å². The monoisotopic (exact) mass is 133 g/mol. The fourth-order valence-electron chi connectivity index (χ4n) is 0.177. The molecule has 0 saturated carbocycles. The van der Waals surface area contributed by atoms with Crippen molar-refractivity contribution >= 4 is 17.9 Å². The largest absolute Gasteiger partial charge is 0.301 e. The van der Waals surface area contributed by atoms with Gasteiger partial charge in [-0.15, -0.1) is 11.6 Å². The summed E-state index contributed by atoms with van der Waals surface area (Å²) in [5.41, 5.74) is -0.177. The van der Waals surface area contributed by atoms with Gasteiger partial charge in [0.05, 0.1) is 0 Å². The van der Waals surface area contributed by atoms with Gasteiger partial charge in [-0.3, -0.25) is 0 Å². The summed E-state index contributed by atoms with van der Waals surface area (Å²) >= 11 is 5.49. The highest BCUT2D eigenvalue weighted by Gasteiger charge is 2.21. The molecule has 1 nitrogen and oxygen atoms in total.